The van der Waals surface area contributed by atoms with Crippen molar-refractivity contribution in [3.63, 3.8) is 0 Å². The number of nitrogens with zero attached hydrogens (tertiary/aromatic N) is 2. The Morgan fingerprint density at radius 3 is 2.76 bits per heavy atom. The highest BCUT2D eigenvalue weighted by atomic mass is 32.2. The van der Waals surface area contributed by atoms with E-state index in [9.17, 15) is 9.59 Å². The molecule has 25 heavy (non-hydrogen) atoms. The smallest absolute Gasteiger partial charge is 0.307 e. The summed E-state index contributed by atoms with van der Waals surface area (Å²) in [6, 6.07) is 15.1. The van der Waals surface area contributed by atoms with Crippen molar-refractivity contribution in [2.45, 2.75) is 11.3 Å². The third kappa shape index (κ3) is 5.01. The molecule has 0 aliphatic carbocycles. The molecule has 3 rings (SSSR count). The zero-order valence-corrected chi connectivity index (χ0v) is 14.8. The number of rotatable bonds is 7. The average molecular weight is 373 g/mol. The van der Waals surface area contributed by atoms with Crippen LogP contribution in [0, 0.1) is 0 Å². The molecule has 0 aliphatic rings. The lowest BCUT2D eigenvalue weighted by Gasteiger charge is -2.07. The van der Waals surface area contributed by atoms with Crippen molar-refractivity contribution in [3.8, 4) is 0 Å². The molecular weight excluding hydrogens is 358 g/mol. The molecule has 0 radical (unpaired) electrons. The summed E-state index contributed by atoms with van der Waals surface area (Å²) in [7, 11) is 0. The minimum atomic E-state index is -0.399. The Bertz CT molecular complexity index is 868. The lowest BCUT2D eigenvalue weighted by Crippen LogP contribution is -2.21. The predicted octanol–water partition coefficient (Wildman–Crippen LogP) is 3.36. The van der Waals surface area contributed by atoms with Crippen LogP contribution in [0.3, 0.4) is 0 Å². The highest BCUT2D eigenvalue weighted by Crippen LogP contribution is 2.21. The first-order valence-corrected chi connectivity index (χ1v) is 9.28. The normalized spacial score (nSPS) is 10.6. The van der Waals surface area contributed by atoms with Gasteiger partial charge in [-0.1, -0.05) is 24.3 Å². The van der Waals surface area contributed by atoms with Crippen LogP contribution in [0.5, 0.6) is 0 Å². The molecule has 6 nitrogen and oxygen atoms in total. The zero-order valence-electron chi connectivity index (χ0n) is 13.2. The van der Waals surface area contributed by atoms with Crippen LogP contribution >= 0.6 is 23.5 Å². The molecule has 1 N–H and O–H groups in total. The molecule has 0 fully saturated rings. The van der Waals surface area contributed by atoms with Crippen LogP contribution in [0.4, 0.5) is 5.69 Å². The Kier molecular flexibility index (Phi) is 5.97. The number of fused-ring (bicyclic) bond motifs is 1. The molecule has 1 aromatic heterocycles. The molecule has 3 aromatic rings. The number of carbonyl (C=O) groups is 2. The number of hydrogen-bond donors (Lipinski definition) is 1. The summed E-state index contributed by atoms with van der Waals surface area (Å²) in [4.78, 5) is 24.8. The van der Waals surface area contributed by atoms with E-state index < -0.39 is 11.9 Å². The molecule has 0 spiro atoms. The van der Waals surface area contributed by atoms with Gasteiger partial charge in [0.25, 0.3) is 5.91 Å². The van der Waals surface area contributed by atoms with Crippen LogP contribution in [-0.4, -0.2) is 33.0 Å². The average Bonchev–Trinajstić information content (AvgIpc) is 3.11. The van der Waals surface area contributed by atoms with Crippen LogP contribution < -0.4 is 5.32 Å². The molecule has 0 saturated carbocycles. The Balaban J connectivity index is 1.41. The highest BCUT2D eigenvalue weighted by molar-refractivity contribution is 7.99. The molecule has 0 bridgehead atoms. The summed E-state index contributed by atoms with van der Waals surface area (Å²) < 4.78 is 13.3. The molecule has 0 saturated heterocycles. The maximum atomic E-state index is 11.9. The number of esters is 1. The van der Waals surface area contributed by atoms with Gasteiger partial charge in [-0.05, 0) is 24.3 Å². The van der Waals surface area contributed by atoms with Gasteiger partial charge < -0.3 is 10.1 Å². The molecule has 0 aliphatic heterocycles. The predicted molar refractivity (Wildman–Crippen MR) is 98.8 cm³/mol. The first-order chi connectivity index (χ1) is 12.2. The Labute approximate surface area is 152 Å². The van der Waals surface area contributed by atoms with E-state index in [1.807, 2.05) is 36.4 Å². The van der Waals surface area contributed by atoms with Crippen molar-refractivity contribution in [1.82, 2.24) is 8.75 Å². The first kappa shape index (κ1) is 17.4. The lowest BCUT2D eigenvalue weighted by atomic mass is 10.2. The summed E-state index contributed by atoms with van der Waals surface area (Å²) in [5.74, 6) is -0.189. The molecule has 0 atom stereocenters. The molecule has 8 heteroatoms. The molecule has 1 amide bonds. The molecule has 2 aromatic carbocycles. The Hall–Kier alpha value is -2.45. The van der Waals surface area contributed by atoms with Crippen LogP contribution in [0.2, 0.25) is 0 Å². The number of carbonyl (C=O) groups excluding carboxylic acids is 2. The SMILES string of the molecule is O=C(COC(=O)CCSc1ccccc1)Nc1cccc2nsnc12. The second-order valence-corrected chi connectivity index (χ2v) is 6.75. The van der Waals surface area contributed by atoms with Crippen LogP contribution in [-0.2, 0) is 14.3 Å². The number of benzene rings is 2. The number of ether oxygens (including phenoxy) is 1. The fourth-order valence-electron chi connectivity index (χ4n) is 2.08. The number of anilines is 1. The topological polar surface area (TPSA) is 81.2 Å². The van der Waals surface area contributed by atoms with E-state index in [1.54, 1.807) is 23.9 Å². The van der Waals surface area contributed by atoms with Crippen molar-refractivity contribution in [2.24, 2.45) is 0 Å². The second-order valence-electron chi connectivity index (χ2n) is 5.06. The van der Waals surface area contributed by atoms with E-state index in [-0.39, 0.29) is 13.0 Å². The van der Waals surface area contributed by atoms with Crippen molar-refractivity contribution in [3.05, 3.63) is 48.5 Å². The fraction of sp³-hybridized carbons (Fsp3) is 0.176. The monoisotopic (exact) mass is 373 g/mol. The van der Waals surface area contributed by atoms with Gasteiger partial charge >= 0.3 is 5.97 Å². The van der Waals surface area contributed by atoms with Gasteiger partial charge in [0, 0.05) is 10.6 Å². The zero-order chi connectivity index (χ0) is 17.5. The first-order valence-electron chi connectivity index (χ1n) is 7.57. The Morgan fingerprint density at radius 2 is 1.92 bits per heavy atom. The van der Waals surface area contributed by atoms with Gasteiger partial charge in [-0.2, -0.15) is 8.75 Å². The number of aromatic nitrogens is 2. The standard InChI is InChI=1S/C17H15N3O3S2/c21-15(18-13-7-4-8-14-17(13)20-25-19-14)11-23-16(22)9-10-24-12-5-2-1-3-6-12/h1-8H,9-11H2,(H,18,21). The van der Waals surface area contributed by atoms with Gasteiger partial charge in [-0.15, -0.1) is 11.8 Å². The molecular formula is C17H15N3O3S2. The number of nitrogens with one attached hydrogen (secondary N) is 1. The number of hydrogen-bond acceptors (Lipinski definition) is 7. The van der Waals surface area contributed by atoms with E-state index >= 15 is 0 Å². The fourth-order valence-corrected chi connectivity index (χ4v) is 3.48. The Morgan fingerprint density at radius 1 is 1.08 bits per heavy atom. The van der Waals surface area contributed by atoms with Gasteiger partial charge in [-0.3, -0.25) is 9.59 Å². The third-order valence-corrected chi connectivity index (χ3v) is 4.80. The number of thioether (sulfide) groups is 1. The summed E-state index contributed by atoms with van der Waals surface area (Å²) in [5, 5.41) is 2.69. The maximum Gasteiger partial charge on any atom is 0.307 e. The van der Waals surface area contributed by atoms with E-state index in [0.29, 0.717) is 17.0 Å². The van der Waals surface area contributed by atoms with Gasteiger partial charge in [0.15, 0.2) is 6.61 Å². The lowest BCUT2D eigenvalue weighted by molar-refractivity contribution is -0.146. The van der Waals surface area contributed by atoms with Gasteiger partial charge in [-0.25, -0.2) is 0 Å². The molecule has 0 unspecified atom stereocenters. The molecule has 1 heterocycles. The summed E-state index contributed by atoms with van der Waals surface area (Å²) in [5.41, 5.74) is 1.91. The van der Waals surface area contributed by atoms with E-state index in [0.717, 1.165) is 22.1 Å². The minimum absolute atomic E-state index is 0.248. The van der Waals surface area contributed by atoms with E-state index in [2.05, 4.69) is 14.1 Å². The van der Waals surface area contributed by atoms with Crippen molar-refractivity contribution >= 4 is 52.1 Å². The van der Waals surface area contributed by atoms with E-state index in [1.165, 1.54) is 0 Å². The van der Waals surface area contributed by atoms with E-state index in [4.69, 9.17) is 4.74 Å². The van der Waals surface area contributed by atoms with Gasteiger partial charge in [0.1, 0.15) is 11.0 Å². The largest absolute Gasteiger partial charge is 0.456 e. The summed E-state index contributed by atoms with van der Waals surface area (Å²) >= 11 is 2.65. The minimum Gasteiger partial charge on any atom is -0.456 e. The number of amides is 1. The third-order valence-electron chi connectivity index (χ3n) is 3.24. The van der Waals surface area contributed by atoms with Gasteiger partial charge in [0.2, 0.25) is 0 Å². The highest BCUT2D eigenvalue weighted by Gasteiger charge is 2.11. The van der Waals surface area contributed by atoms with Crippen LogP contribution in [0.15, 0.2) is 53.4 Å². The van der Waals surface area contributed by atoms with Crippen LogP contribution in [0.25, 0.3) is 11.0 Å². The van der Waals surface area contributed by atoms with Crippen molar-refractivity contribution in [2.75, 3.05) is 17.7 Å². The van der Waals surface area contributed by atoms with Crippen LogP contribution in [0.1, 0.15) is 6.42 Å². The van der Waals surface area contributed by atoms with Crippen molar-refractivity contribution in [1.29, 1.82) is 0 Å². The summed E-state index contributed by atoms with van der Waals surface area (Å²) in [6.45, 7) is -0.317. The maximum absolute atomic E-state index is 11.9. The summed E-state index contributed by atoms with van der Waals surface area (Å²) in [6.07, 6.45) is 0.248. The quantitative estimate of drug-likeness (QED) is 0.505. The second kappa shape index (κ2) is 8.59. The molecule has 128 valence electrons. The van der Waals surface area contributed by atoms with Crippen molar-refractivity contribution < 1.29 is 14.3 Å². The van der Waals surface area contributed by atoms with Gasteiger partial charge in [0.05, 0.1) is 23.8 Å².